The van der Waals surface area contributed by atoms with Crippen molar-refractivity contribution in [2.75, 3.05) is 78.8 Å². The van der Waals surface area contributed by atoms with Crippen LogP contribution in [0.25, 0.3) is 0 Å². The zero-order valence-corrected chi connectivity index (χ0v) is 28.3. The summed E-state index contributed by atoms with van der Waals surface area (Å²) >= 11 is 0. The zero-order chi connectivity index (χ0) is 28.5. The van der Waals surface area contributed by atoms with Gasteiger partial charge in [0.15, 0.2) is 0 Å². The summed E-state index contributed by atoms with van der Waals surface area (Å²) in [7, 11) is 0. The van der Waals surface area contributed by atoms with Gasteiger partial charge in [0.25, 0.3) is 0 Å². The maximum atomic E-state index is 5.81. The second kappa shape index (κ2) is 26.2. The summed E-state index contributed by atoms with van der Waals surface area (Å²) in [6.07, 6.45) is 31.6. The second-order valence-electron chi connectivity index (χ2n) is 13.8. The maximum Gasteiger partial charge on any atom is 0.102 e. The molecule has 0 aromatic heterocycles. The molecule has 0 amide bonds. The molecule has 0 unspecified atom stereocenters. The second-order valence-corrected chi connectivity index (χ2v) is 13.8. The summed E-state index contributed by atoms with van der Waals surface area (Å²) in [6, 6.07) is 0. The summed E-state index contributed by atoms with van der Waals surface area (Å²) in [4.78, 5) is 0. The van der Waals surface area contributed by atoms with Crippen LogP contribution in [0.1, 0.15) is 155 Å². The number of morpholine rings is 2. The normalized spacial score (nSPS) is 18.3. The lowest BCUT2D eigenvalue weighted by Crippen LogP contribution is -2.57. The van der Waals surface area contributed by atoms with Gasteiger partial charge in [0.1, 0.15) is 26.2 Å². The van der Waals surface area contributed by atoms with E-state index < -0.39 is 0 Å². The Morgan fingerprint density at radius 3 is 0.829 bits per heavy atom. The first-order chi connectivity index (χ1) is 19.7. The number of ether oxygens (including phenoxy) is 2. The Labute approximate surface area is 257 Å². The van der Waals surface area contributed by atoms with Crippen LogP contribution in [0.3, 0.4) is 0 Å². The summed E-state index contributed by atoms with van der Waals surface area (Å²) < 4.78 is 14.3. The van der Waals surface area contributed by atoms with Crippen molar-refractivity contribution < 1.29 is 23.9 Å². The van der Waals surface area contributed by atoms with E-state index in [-0.39, 0.29) is 5.48 Å². The van der Waals surface area contributed by atoms with E-state index in [1.54, 1.807) is 0 Å². The monoisotopic (exact) mass is 585 g/mol. The maximum absolute atomic E-state index is 5.81. The Balaban J connectivity index is 0.00000840. The molecule has 0 bridgehead atoms. The molecule has 2 fully saturated rings. The number of quaternary nitrogens is 2. The molecule has 0 aromatic rings. The molecule has 0 atom stereocenters. The van der Waals surface area contributed by atoms with Crippen LogP contribution in [0, 0.1) is 0 Å². The van der Waals surface area contributed by atoms with Crippen molar-refractivity contribution in [3.8, 4) is 0 Å². The van der Waals surface area contributed by atoms with Crippen LogP contribution >= 0.6 is 0 Å². The van der Waals surface area contributed by atoms with Gasteiger partial charge in [0.2, 0.25) is 0 Å². The lowest BCUT2D eigenvalue weighted by molar-refractivity contribution is -0.941. The van der Waals surface area contributed by atoms with Gasteiger partial charge in [-0.2, -0.15) is 0 Å². The Hall–Kier alpha value is -0.200. The van der Waals surface area contributed by atoms with Crippen molar-refractivity contribution in [2.45, 2.75) is 155 Å². The molecule has 0 saturated carbocycles. The van der Waals surface area contributed by atoms with Crippen LogP contribution in [0.15, 0.2) is 0 Å². The molecule has 0 radical (unpaired) electrons. The van der Waals surface area contributed by atoms with Crippen LogP contribution in [0.5, 0.6) is 0 Å². The molecule has 0 spiro atoms. The van der Waals surface area contributed by atoms with Gasteiger partial charge in [-0.25, -0.2) is 0 Å². The number of hydrogen-bond acceptors (Lipinski definition) is 2. The minimum Gasteiger partial charge on any atom is -0.412 e. The molecule has 0 aromatic carbocycles. The van der Waals surface area contributed by atoms with Crippen molar-refractivity contribution in [3.05, 3.63) is 0 Å². The summed E-state index contributed by atoms with van der Waals surface area (Å²) in [5.74, 6) is 0. The van der Waals surface area contributed by atoms with E-state index in [0.29, 0.717) is 0 Å². The third-order valence-corrected chi connectivity index (χ3v) is 10.3. The van der Waals surface area contributed by atoms with E-state index in [1.165, 1.54) is 203 Å². The van der Waals surface area contributed by atoms with Crippen molar-refractivity contribution in [1.29, 1.82) is 0 Å². The van der Waals surface area contributed by atoms with Gasteiger partial charge in [0, 0.05) is 12.8 Å². The van der Waals surface area contributed by atoms with Gasteiger partial charge in [0.05, 0.1) is 52.6 Å². The quantitative estimate of drug-likeness (QED) is 0.0718. The van der Waals surface area contributed by atoms with Gasteiger partial charge in [-0.3, -0.25) is 0 Å². The minimum absolute atomic E-state index is 0. The van der Waals surface area contributed by atoms with Crippen LogP contribution in [-0.4, -0.2) is 93.2 Å². The molecule has 2 saturated heterocycles. The lowest BCUT2D eigenvalue weighted by atomic mass is 10.1. The molecule has 5 nitrogen and oxygen atoms in total. The average molecular weight is 585 g/mol. The number of unbranched alkanes of at least 4 members (excludes halogenated alkanes) is 19. The van der Waals surface area contributed by atoms with Crippen molar-refractivity contribution in [1.82, 2.24) is 0 Å². The Kier molecular flexibility index (Phi) is 24.8. The Bertz CT molecular complexity index is 499. The van der Waals surface area contributed by atoms with E-state index >= 15 is 0 Å². The highest BCUT2D eigenvalue weighted by atomic mass is 16.5. The van der Waals surface area contributed by atoms with Gasteiger partial charge in [-0.1, -0.05) is 117 Å². The molecule has 246 valence electrons. The van der Waals surface area contributed by atoms with E-state index in [1.807, 2.05) is 0 Å². The van der Waals surface area contributed by atoms with Crippen LogP contribution in [0.4, 0.5) is 0 Å². The summed E-state index contributed by atoms with van der Waals surface area (Å²) in [6.45, 7) is 19.1. The van der Waals surface area contributed by atoms with Gasteiger partial charge in [-0.05, 0) is 25.7 Å². The highest BCUT2D eigenvalue weighted by Crippen LogP contribution is 2.21. The molecule has 0 aliphatic carbocycles. The number of rotatable bonds is 27. The fourth-order valence-electron chi connectivity index (χ4n) is 7.34. The molecule has 2 N–H and O–H groups in total. The first kappa shape index (κ1) is 38.8. The Morgan fingerprint density at radius 2 is 0.561 bits per heavy atom. The first-order valence-corrected chi connectivity index (χ1v) is 18.6. The topological polar surface area (TPSA) is 50.0 Å². The van der Waals surface area contributed by atoms with E-state index in [9.17, 15) is 0 Å². The summed E-state index contributed by atoms with van der Waals surface area (Å²) in [5.41, 5.74) is 0. The van der Waals surface area contributed by atoms with Crippen LogP contribution < -0.4 is 0 Å². The molecular formula is C36H76N2O3+2. The summed E-state index contributed by atoms with van der Waals surface area (Å²) in [5, 5.41) is 0. The van der Waals surface area contributed by atoms with Crippen molar-refractivity contribution >= 4 is 0 Å². The van der Waals surface area contributed by atoms with Crippen LogP contribution in [0.2, 0.25) is 0 Å². The van der Waals surface area contributed by atoms with Crippen molar-refractivity contribution in [3.63, 3.8) is 0 Å². The number of nitrogens with zero attached hydrogens (tertiary/aromatic N) is 2. The SMILES string of the molecule is CCCCCCCCCCCC[N+]1(CCCC[N+]2(CCCCCCCCCCCC)CCOCC2)CCOCC1.O. The molecule has 2 heterocycles. The minimum atomic E-state index is 0. The number of hydrogen-bond donors (Lipinski definition) is 0. The lowest BCUT2D eigenvalue weighted by Gasteiger charge is -2.43. The molecule has 2 rings (SSSR count). The average Bonchev–Trinajstić information content (AvgIpc) is 2.98. The molecular weight excluding hydrogens is 508 g/mol. The van der Waals surface area contributed by atoms with E-state index in [0.717, 1.165) is 26.4 Å². The molecule has 5 heteroatoms. The Morgan fingerprint density at radius 1 is 0.341 bits per heavy atom. The van der Waals surface area contributed by atoms with Crippen LogP contribution in [-0.2, 0) is 9.47 Å². The predicted octanol–water partition coefficient (Wildman–Crippen LogP) is 8.48. The predicted molar refractivity (Wildman–Crippen MR) is 178 cm³/mol. The first-order valence-electron chi connectivity index (χ1n) is 18.6. The molecule has 2 aliphatic rings. The van der Waals surface area contributed by atoms with E-state index in [4.69, 9.17) is 9.47 Å². The fraction of sp³-hybridized carbons (Fsp3) is 1.00. The van der Waals surface area contributed by atoms with Gasteiger partial charge < -0.3 is 23.9 Å². The zero-order valence-electron chi connectivity index (χ0n) is 28.3. The van der Waals surface area contributed by atoms with E-state index in [2.05, 4.69) is 13.8 Å². The highest BCUT2D eigenvalue weighted by molar-refractivity contribution is 4.57. The third kappa shape index (κ3) is 18.9. The van der Waals surface area contributed by atoms with Crippen molar-refractivity contribution in [2.24, 2.45) is 0 Å². The smallest absolute Gasteiger partial charge is 0.102 e. The molecule has 41 heavy (non-hydrogen) atoms. The standard InChI is InChI=1S/C36H74N2O2.H2O/c1-3-5-7-9-11-13-15-17-19-21-25-37(29-33-39-34-30-37)27-23-24-28-38(31-35-40-36-32-38)26-22-20-18-16-14-12-10-8-6-4-2;/h3-36H2,1-2H3;1H2/q+2;. The van der Waals surface area contributed by atoms with Gasteiger partial charge >= 0.3 is 0 Å². The highest BCUT2D eigenvalue weighted by Gasteiger charge is 2.32. The third-order valence-electron chi connectivity index (χ3n) is 10.3. The van der Waals surface area contributed by atoms with Gasteiger partial charge in [-0.15, -0.1) is 0 Å². The fourth-order valence-corrected chi connectivity index (χ4v) is 7.34. The largest absolute Gasteiger partial charge is 0.412 e. The molecule has 2 aliphatic heterocycles.